The summed E-state index contributed by atoms with van der Waals surface area (Å²) in [6.07, 6.45) is 5.91. The van der Waals surface area contributed by atoms with Gasteiger partial charge < -0.3 is 4.90 Å². The van der Waals surface area contributed by atoms with Crippen molar-refractivity contribution in [1.82, 2.24) is 4.90 Å². The molecule has 1 atom stereocenters. The summed E-state index contributed by atoms with van der Waals surface area (Å²) < 4.78 is 22.8. The Labute approximate surface area is 101 Å². The van der Waals surface area contributed by atoms with Gasteiger partial charge in [-0.15, -0.1) is 0 Å². The number of rotatable bonds is 5. The first-order valence-corrected chi connectivity index (χ1v) is 6.84. The van der Waals surface area contributed by atoms with E-state index in [4.69, 9.17) is 5.14 Å². The molecule has 1 unspecified atom stereocenters. The van der Waals surface area contributed by atoms with E-state index in [0.717, 1.165) is 19.4 Å². The van der Waals surface area contributed by atoms with Crippen LogP contribution in [0.5, 0.6) is 0 Å². The first kappa shape index (κ1) is 18.6. The SMILES string of the molecule is CCCC[N+]1(CS(N)(=O)=O)C=CN(C)C1.F.F. The number of hydrogen-bond donors (Lipinski definition) is 1. The van der Waals surface area contributed by atoms with E-state index < -0.39 is 10.0 Å². The predicted molar refractivity (Wildman–Crippen MR) is 64.8 cm³/mol. The molecule has 0 aromatic rings. The van der Waals surface area contributed by atoms with E-state index in [2.05, 4.69) is 6.92 Å². The van der Waals surface area contributed by atoms with Crippen molar-refractivity contribution in [2.24, 2.45) is 5.14 Å². The normalized spacial score (nSPS) is 23.1. The second kappa shape index (κ2) is 6.87. The number of halogens is 2. The van der Waals surface area contributed by atoms with E-state index in [1.54, 1.807) is 0 Å². The Balaban J connectivity index is 0. The highest BCUT2D eigenvalue weighted by Crippen LogP contribution is 2.19. The highest BCUT2D eigenvalue weighted by Gasteiger charge is 2.34. The summed E-state index contributed by atoms with van der Waals surface area (Å²) in [5, 5.41) is 5.12. The van der Waals surface area contributed by atoms with Gasteiger partial charge in [0, 0.05) is 7.05 Å². The van der Waals surface area contributed by atoms with Gasteiger partial charge in [-0.05, 0) is 6.42 Å². The second-order valence-electron chi connectivity index (χ2n) is 4.28. The molecule has 104 valence electrons. The first-order valence-electron chi connectivity index (χ1n) is 5.13. The quantitative estimate of drug-likeness (QED) is 0.744. The Bertz CT molecular complexity index is 348. The maximum Gasteiger partial charge on any atom is 0.260 e. The highest BCUT2D eigenvalue weighted by molar-refractivity contribution is 7.88. The van der Waals surface area contributed by atoms with Gasteiger partial charge in [0.1, 0.15) is 6.20 Å². The van der Waals surface area contributed by atoms with Gasteiger partial charge in [-0.25, -0.2) is 13.6 Å². The van der Waals surface area contributed by atoms with Crippen molar-refractivity contribution < 1.29 is 22.3 Å². The van der Waals surface area contributed by atoms with Crippen LogP contribution < -0.4 is 5.14 Å². The third-order valence-corrected chi connectivity index (χ3v) is 3.41. The lowest BCUT2D eigenvalue weighted by Gasteiger charge is -2.31. The molecule has 8 heteroatoms. The monoisotopic (exact) mass is 274 g/mol. The fourth-order valence-corrected chi connectivity index (χ4v) is 2.93. The topological polar surface area (TPSA) is 63.4 Å². The summed E-state index contributed by atoms with van der Waals surface area (Å²) in [6, 6.07) is 0. The Morgan fingerprint density at radius 2 is 2.00 bits per heavy atom. The van der Waals surface area contributed by atoms with Gasteiger partial charge in [0.25, 0.3) is 10.0 Å². The molecule has 0 saturated carbocycles. The zero-order valence-electron chi connectivity index (χ0n) is 10.2. The molecule has 0 fully saturated rings. The van der Waals surface area contributed by atoms with Crippen molar-refractivity contribution in [1.29, 1.82) is 0 Å². The molecule has 2 N–H and O–H groups in total. The molecule has 0 aromatic heterocycles. The van der Waals surface area contributed by atoms with E-state index in [9.17, 15) is 8.42 Å². The minimum atomic E-state index is -3.43. The summed E-state index contributed by atoms with van der Waals surface area (Å²) in [5.74, 6) is -0.00611. The Kier molecular flexibility index (Phi) is 7.53. The smallest absolute Gasteiger partial charge is 0.260 e. The van der Waals surface area contributed by atoms with Crippen molar-refractivity contribution in [3.8, 4) is 0 Å². The molecule has 0 aromatic carbocycles. The van der Waals surface area contributed by atoms with Gasteiger partial charge in [-0.3, -0.25) is 13.9 Å². The van der Waals surface area contributed by atoms with Gasteiger partial charge in [-0.1, -0.05) is 13.3 Å². The van der Waals surface area contributed by atoms with Crippen molar-refractivity contribution in [3.05, 3.63) is 12.4 Å². The molecule has 17 heavy (non-hydrogen) atoms. The van der Waals surface area contributed by atoms with Crippen LogP contribution in [0.2, 0.25) is 0 Å². The van der Waals surface area contributed by atoms with E-state index in [0.29, 0.717) is 11.2 Å². The highest BCUT2D eigenvalue weighted by atomic mass is 32.2. The van der Waals surface area contributed by atoms with Crippen molar-refractivity contribution in [3.63, 3.8) is 0 Å². The lowest BCUT2D eigenvalue weighted by molar-refractivity contribution is -0.869. The van der Waals surface area contributed by atoms with Crippen LogP contribution >= 0.6 is 0 Å². The van der Waals surface area contributed by atoms with Crippen LogP contribution in [-0.4, -0.2) is 43.9 Å². The molecular formula is C9H22F2N3O2S+. The minimum absolute atomic E-state index is 0. The molecular weight excluding hydrogens is 252 g/mol. The van der Waals surface area contributed by atoms with Gasteiger partial charge in [0.15, 0.2) is 12.5 Å². The lowest BCUT2D eigenvalue weighted by atomic mass is 10.3. The van der Waals surface area contributed by atoms with E-state index in [-0.39, 0.29) is 15.3 Å². The summed E-state index contributed by atoms with van der Waals surface area (Å²) in [7, 11) is -1.49. The van der Waals surface area contributed by atoms with E-state index >= 15 is 0 Å². The molecule has 1 heterocycles. The Morgan fingerprint density at radius 1 is 1.41 bits per heavy atom. The van der Waals surface area contributed by atoms with E-state index in [1.807, 2.05) is 24.3 Å². The second-order valence-corrected chi connectivity index (χ2v) is 5.87. The molecule has 1 aliphatic heterocycles. The van der Waals surface area contributed by atoms with Gasteiger partial charge in [-0.2, -0.15) is 0 Å². The average Bonchev–Trinajstić information content (AvgIpc) is 2.41. The largest absolute Gasteiger partial charge is 0.329 e. The summed E-state index contributed by atoms with van der Waals surface area (Å²) in [5.41, 5.74) is 0. The van der Waals surface area contributed by atoms with Crippen LogP contribution in [0.3, 0.4) is 0 Å². The third kappa shape index (κ3) is 5.94. The third-order valence-electron chi connectivity index (χ3n) is 2.54. The molecule has 1 aliphatic rings. The molecule has 0 spiro atoms. The zero-order valence-corrected chi connectivity index (χ0v) is 11.0. The summed E-state index contributed by atoms with van der Waals surface area (Å²) in [4.78, 5) is 1.99. The maximum absolute atomic E-state index is 11.2. The fraction of sp³-hybridized carbons (Fsp3) is 0.778. The molecule has 1 rings (SSSR count). The van der Waals surface area contributed by atoms with Gasteiger partial charge in [0.2, 0.25) is 0 Å². The zero-order chi connectivity index (χ0) is 11.5. The standard InChI is InChI=1S/C9H20N3O2S.2FH/c1-3-4-6-12(9-15(10,13)14)7-5-11(2)8-12;;/h5,7H,3-4,6,8-9H2,1-2H3,(H2,10,13,14);2*1H/q+1;;. The number of nitrogens with zero attached hydrogens (tertiary/aromatic N) is 2. The number of primary sulfonamides is 1. The maximum atomic E-state index is 11.2. The van der Waals surface area contributed by atoms with Crippen LogP contribution in [0, 0.1) is 0 Å². The number of quaternary nitrogens is 1. The average molecular weight is 274 g/mol. The first-order chi connectivity index (χ1) is 6.87. The lowest BCUT2D eigenvalue weighted by Crippen LogP contribution is -2.49. The number of sulfonamides is 1. The van der Waals surface area contributed by atoms with Gasteiger partial charge in [0.05, 0.1) is 12.7 Å². The number of nitrogens with two attached hydrogens (primary N) is 1. The summed E-state index contributed by atoms with van der Waals surface area (Å²) in [6.45, 7) is 3.61. The molecule has 0 bridgehead atoms. The minimum Gasteiger partial charge on any atom is -0.329 e. The summed E-state index contributed by atoms with van der Waals surface area (Å²) >= 11 is 0. The molecule has 0 amide bonds. The molecule has 0 saturated heterocycles. The number of hydrogen-bond acceptors (Lipinski definition) is 3. The molecule has 0 aliphatic carbocycles. The van der Waals surface area contributed by atoms with Gasteiger partial charge >= 0.3 is 0 Å². The number of unbranched alkanes of at least 4 members (excludes halogenated alkanes) is 1. The van der Waals surface area contributed by atoms with Crippen LogP contribution in [0.25, 0.3) is 0 Å². The fourth-order valence-electron chi connectivity index (χ4n) is 1.92. The predicted octanol–water partition coefficient (Wildman–Crippen LogP) is 0.528. The van der Waals surface area contributed by atoms with Crippen LogP contribution in [0.15, 0.2) is 12.4 Å². The van der Waals surface area contributed by atoms with Crippen molar-refractivity contribution in [2.75, 3.05) is 26.1 Å². The molecule has 0 radical (unpaired) electrons. The van der Waals surface area contributed by atoms with E-state index in [1.165, 1.54) is 0 Å². The van der Waals surface area contributed by atoms with Crippen molar-refractivity contribution >= 4 is 10.0 Å². The molecule has 5 nitrogen and oxygen atoms in total. The Hall–Kier alpha value is -0.730. The van der Waals surface area contributed by atoms with Crippen molar-refractivity contribution in [2.45, 2.75) is 19.8 Å². The Morgan fingerprint density at radius 3 is 2.35 bits per heavy atom. The van der Waals surface area contributed by atoms with Crippen LogP contribution in [-0.2, 0) is 10.0 Å². The van der Waals surface area contributed by atoms with Crippen LogP contribution in [0.4, 0.5) is 9.41 Å². The van der Waals surface area contributed by atoms with Crippen LogP contribution in [0.1, 0.15) is 19.8 Å².